The van der Waals surface area contributed by atoms with E-state index >= 15 is 0 Å². The average molecular weight is 539 g/mol. The third kappa shape index (κ3) is 6.93. The van der Waals surface area contributed by atoms with E-state index in [1.165, 1.54) is 24.1 Å². The highest BCUT2D eigenvalue weighted by molar-refractivity contribution is 6.08. The predicted octanol–water partition coefficient (Wildman–Crippen LogP) is 5.53. The summed E-state index contributed by atoms with van der Waals surface area (Å²) in [6.45, 7) is 10.2. The lowest BCUT2D eigenvalue weighted by Gasteiger charge is -2.22. The quantitative estimate of drug-likeness (QED) is 0.273. The number of para-hydroxylation sites is 1. The van der Waals surface area contributed by atoms with E-state index in [9.17, 15) is 4.79 Å². The standard InChI is InChI=1S/C34H42N4O2/c1-27-11-6-7-14-29(27)25-35-34(39)31-26-38(33-30(31)15-8-16-32(33)40-2)21-10-20-36-18-9-19-37(24-23-36)22-17-28-12-4-3-5-13-28/h3-8,11-16,26H,9-10,17-25H2,1-2H3,(H,35,39). The summed E-state index contributed by atoms with van der Waals surface area (Å²) in [4.78, 5) is 18.5. The molecule has 0 radical (unpaired) electrons. The predicted molar refractivity (Wildman–Crippen MR) is 163 cm³/mol. The van der Waals surface area contributed by atoms with Gasteiger partial charge in [0.05, 0.1) is 18.2 Å². The maximum absolute atomic E-state index is 13.3. The molecule has 1 aliphatic heterocycles. The fraction of sp³-hybridized carbons (Fsp3) is 0.382. The first-order chi connectivity index (χ1) is 19.6. The van der Waals surface area contributed by atoms with Crippen LogP contribution in [0.1, 0.15) is 39.9 Å². The van der Waals surface area contributed by atoms with E-state index in [0.717, 1.165) is 74.3 Å². The van der Waals surface area contributed by atoms with Gasteiger partial charge in [-0.05, 0) is 68.6 Å². The Morgan fingerprint density at radius 2 is 1.60 bits per heavy atom. The van der Waals surface area contributed by atoms with Gasteiger partial charge in [0, 0.05) is 44.3 Å². The average Bonchev–Trinajstić information content (AvgIpc) is 3.21. The minimum atomic E-state index is -0.0524. The van der Waals surface area contributed by atoms with Gasteiger partial charge >= 0.3 is 0 Å². The molecule has 1 N–H and O–H groups in total. The van der Waals surface area contributed by atoms with Crippen molar-refractivity contribution in [3.05, 3.63) is 101 Å². The van der Waals surface area contributed by atoms with Crippen LogP contribution in [0.2, 0.25) is 0 Å². The third-order valence-corrected chi connectivity index (χ3v) is 8.14. The van der Waals surface area contributed by atoms with Gasteiger partial charge in [-0.1, -0.05) is 66.7 Å². The van der Waals surface area contributed by atoms with Gasteiger partial charge in [0.1, 0.15) is 5.75 Å². The molecular formula is C34H42N4O2. The zero-order chi connectivity index (χ0) is 27.7. The molecule has 1 saturated heterocycles. The number of carbonyl (C=O) groups is 1. The number of aromatic nitrogens is 1. The molecular weight excluding hydrogens is 496 g/mol. The lowest BCUT2D eigenvalue weighted by atomic mass is 10.1. The largest absolute Gasteiger partial charge is 0.495 e. The van der Waals surface area contributed by atoms with E-state index in [1.807, 2.05) is 36.5 Å². The minimum absolute atomic E-state index is 0.0524. The van der Waals surface area contributed by atoms with Crippen LogP contribution in [-0.2, 0) is 19.5 Å². The van der Waals surface area contributed by atoms with E-state index in [1.54, 1.807) is 7.11 Å². The van der Waals surface area contributed by atoms with Gasteiger partial charge in [-0.15, -0.1) is 0 Å². The molecule has 40 heavy (non-hydrogen) atoms. The van der Waals surface area contributed by atoms with E-state index in [2.05, 4.69) is 69.1 Å². The molecule has 2 heterocycles. The van der Waals surface area contributed by atoms with Crippen molar-refractivity contribution in [2.45, 2.75) is 39.3 Å². The van der Waals surface area contributed by atoms with Crippen molar-refractivity contribution in [3.8, 4) is 5.75 Å². The number of methoxy groups -OCH3 is 1. The number of nitrogens with zero attached hydrogens (tertiary/aromatic N) is 3. The lowest BCUT2D eigenvalue weighted by molar-refractivity contribution is 0.0952. The van der Waals surface area contributed by atoms with E-state index in [4.69, 9.17) is 4.74 Å². The van der Waals surface area contributed by atoms with Crippen LogP contribution in [0.3, 0.4) is 0 Å². The first kappa shape index (κ1) is 27.9. The fourth-order valence-electron chi connectivity index (χ4n) is 5.80. The first-order valence-corrected chi connectivity index (χ1v) is 14.6. The Labute approximate surface area is 238 Å². The molecule has 6 heteroatoms. The van der Waals surface area contributed by atoms with Crippen LogP contribution in [-0.4, -0.2) is 66.7 Å². The minimum Gasteiger partial charge on any atom is -0.495 e. The molecule has 3 aromatic carbocycles. The van der Waals surface area contributed by atoms with Crippen molar-refractivity contribution in [2.24, 2.45) is 0 Å². The number of rotatable bonds is 11. The molecule has 1 aliphatic rings. The second kappa shape index (κ2) is 13.6. The Hall–Kier alpha value is -3.61. The van der Waals surface area contributed by atoms with Gasteiger partial charge < -0.3 is 24.4 Å². The van der Waals surface area contributed by atoms with E-state index in [-0.39, 0.29) is 5.91 Å². The SMILES string of the molecule is COc1cccc2c(C(=O)NCc3ccccc3C)cn(CCCN3CCCN(CCc4ccccc4)CC3)c12. The molecule has 4 aromatic rings. The van der Waals surface area contributed by atoms with Crippen molar-refractivity contribution >= 4 is 16.8 Å². The number of hydrogen-bond donors (Lipinski definition) is 1. The van der Waals surface area contributed by atoms with Crippen LogP contribution in [0.25, 0.3) is 10.9 Å². The summed E-state index contributed by atoms with van der Waals surface area (Å²) in [7, 11) is 1.70. The highest BCUT2D eigenvalue weighted by Gasteiger charge is 2.19. The molecule has 210 valence electrons. The Balaban J connectivity index is 1.19. The van der Waals surface area contributed by atoms with Crippen LogP contribution >= 0.6 is 0 Å². The first-order valence-electron chi connectivity index (χ1n) is 14.6. The Morgan fingerprint density at radius 1 is 0.850 bits per heavy atom. The molecule has 1 amide bonds. The fourth-order valence-corrected chi connectivity index (χ4v) is 5.80. The second-order valence-electron chi connectivity index (χ2n) is 10.8. The van der Waals surface area contributed by atoms with Crippen LogP contribution in [0.15, 0.2) is 79.0 Å². The monoisotopic (exact) mass is 538 g/mol. The maximum Gasteiger partial charge on any atom is 0.253 e. The van der Waals surface area contributed by atoms with E-state index < -0.39 is 0 Å². The van der Waals surface area contributed by atoms with Crippen LogP contribution in [0.5, 0.6) is 5.75 Å². The molecule has 0 unspecified atom stereocenters. The number of fused-ring (bicyclic) bond motifs is 1. The molecule has 1 aromatic heterocycles. The maximum atomic E-state index is 13.3. The smallest absolute Gasteiger partial charge is 0.253 e. The molecule has 0 bridgehead atoms. The number of nitrogens with one attached hydrogen (secondary N) is 1. The van der Waals surface area contributed by atoms with Gasteiger partial charge in [0.2, 0.25) is 0 Å². The molecule has 1 fully saturated rings. The van der Waals surface area contributed by atoms with Crippen LogP contribution in [0.4, 0.5) is 0 Å². The van der Waals surface area contributed by atoms with Gasteiger partial charge in [-0.25, -0.2) is 0 Å². The zero-order valence-electron chi connectivity index (χ0n) is 23.9. The van der Waals surface area contributed by atoms with Crippen molar-refractivity contribution in [1.82, 2.24) is 19.7 Å². The Morgan fingerprint density at radius 3 is 2.38 bits per heavy atom. The van der Waals surface area contributed by atoms with Gasteiger partial charge in [-0.3, -0.25) is 4.79 Å². The topological polar surface area (TPSA) is 49.7 Å². The number of carbonyl (C=O) groups excluding carboxylic acids is 1. The lowest BCUT2D eigenvalue weighted by Crippen LogP contribution is -2.32. The second-order valence-corrected chi connectivity index (χ2v) is 10.8. The van der Waals surface area contributed by atoms with Gasteiger partial charge in [-0.2, -0.15) is 0 Å². The summed E-state index contributed by atoms with van der Waals surface area (Å²) >= 11 is 0. The van der Waals surface area contributed by atoms with Crippen molar-refractivity contribution in [3.63, 3.8) is 0 Å². The van der Waals surface area contributed by atoms with Crippen LogP contribution < -0.4 is 10.1 Å². The highest BCUT2D eigenvalue weighted by Crippen LogP contribution is 2.30. The molecule has 0 spiro atoms. The normalized spacial score (nSPS) is 14.8. The molecule has 0 saturated carbocycles. The number of ether oxygens (including phenoxy) is 1. The highest BCUT2D eigenvalue weighted by atomic mass is 16.5. The summed E-state index contributed by atoms with van der Waals surface area (Å²) in [5.41, 5.74) is 5.43. The number of hydrogen-bond acceptors (Lipinski definition) is 4. The summed E-state index contributed by atoms with van der Waals surface area (Å²) in [6, 6.07) is 24.9. The number of amides is 1. The van der Waals surface area contributed by atoms with E-state index in [0.29, 0.717) is 12.1 Å². The molecule has 0 atom stereocenters. The summed E-state index contributed by atoms with van der Waals surface area (Å²) in [5.74, 6) is 0.752. The van der Waals surface area contributed by atoms with Gasteiger partial charge in [0.25, 0.3) is 5.91 Å². The van der Waals surface area contributed by atoms with Crippen molar-refractivity contribution in [2.75, 3.05) is 46.4 Å². The summed E-state index contributed by atoms with van der Waals surface area (Å²) in [5, 5.41) is 4.07. The number of benzene rings is 3. The Bertz CT molecular complexity index is 1400. The van der Waals surface area contributed by atoms with Crippen molar-refractivity contribution in [1.29, 1.82) is 0 Å². The molecule has 5 rings (SSSR count). The number of aryl methyl sites for hydroxylation is 2. The van der Waals surface area contributed by atoms with Crippen LogP contribution in [0, 0.1) is 6.92 Å². The Kier molecular flexibility index (Phi) is 9.53. The van der Waals surface area contributed by atoms with Crippen molar-refractivity contribution < 1.29 is 9.53 Å². The zero-order valence-corrected chi connectivity index (χ0v) is 23.9. The third-order valence-electron chi connectivity index (χ3n) is 8.14. The molecule has 0 aliphatic carbocycles. The van der Waals surface area contributed by atoms with Gasteiger partial charge in [0.15, 0.2) is 0 Å². The summed E-state index contributed by atoms with van der Waals surface area (Å²) in [6.07, 6.45) is 5.36. The molecule has 6 nitrogen and oxygen atoms in total. The summed E-state index contributed by atoms with van der Waals surface area (Å²) < 4.78 is 7.93.